The van der Waals surface area contributed by atoms with Crippen molar-refractivity contribution in [3.05, 3.63) is 12.7 Å². The number of hydrogen-bond acceptors (Lipinski definition) is 7. The fourth-order valence-electron chi connectivity index (χ4n) is 4.16. The molecule has 0 N–H and O–H groups in total. The minimum Gasteiger partial charge on any atom is -0.381 e. The van der Waals surface area contributed by atoms with E-state index < -0.39 is 0 Å². The van der Waals surface area contributed by atoms with Gasteiger partial charge >= 0.3 is 0 Å². The molecule has 0 saturated carbocycles. The van der Waals surface area contributed by atoms with E-state index in [0.717, 1.165) is 44.9 Å². The van der Waals surface area contributed by atoms with E-state index in [1.165, 1.54) is 19.3 Å². The van der Waals surface area contributed by atoms with Crippen LogP contribution >= 0.6 is 0 Å². The van der Waals surface area contributed by atoms with E-state index in [4.69, 9.17) is 33.2 Å². The molecule has 6 atom stereocenters. The monoisotopic (exact) mass is 476 g/mol. The lowest BCUT2D eigenvalue weighted by Gasteiger charge is -2.29. The third-order valence-corrected chi connectivity index (χ3v) is 6.28. The average Bonchev–Trinajstić information content (AvgIpc) is 2.84. The van der Waals surface area contributed by atoms with Gasteiger partial charge in [-0.1, -0.05) is 32.3 Å². The van der Waals surface area contributed by atoms with E-state index in [9.17, 15) is 0 Å². The highest BCUT2D eigenvalue weighted by atomic mass is 16.7. The first-order valence-electron chi connectivity index (χ1n) is 12.4. The van der Waals surface area contributed by atoms with Crippen molar-refractivity contribution in [1.82, 2.24) is 0 Å². The number of methoxy groups -OCH3 is 6. The zero-order chi connectivity index (χ0) is 24.9. The molecule has 0 heterocycles. The van der Waals surface area contributed by atoms with Crippen LogP contribution in [0.2, 0.25) is 0 Å². The summed E-state index contributed by atoms with van der Waals surface area (Å²) in [6.07, 6.45) is 11.6. The molecule has 0 aliphatic carbocycles. The molecule has 0 fully saturated rings. The van der Waals surface area contributed by atoms with Crippen LogP contribution < -0.4 is 0 Å². The predicted octanol–water partition coefficient (Wildman–Crippen LogP) is 5.16. The van der Waals surface area contributed by atoms with E-state index in [0.29, 0.717) is 0 Å². The SMILES string of the molecule is C=CC[C@@H](C[C@@H](C[C@@H](C[C@@H](C[C@@H](C[C@@H](CCCCC)OC)OC)OC)OC)OC)OCOC. The summed E-state index contributed by atoms with van der Waals surface area (Å²) in [4.78, 5) is 0. The predicted molar refractivity (Wildman–Crippen MR) is 133 cm³/mol. The normalized spacial score (nSPS) is 17.3. The van der Waals surface area contributed by atoms with Gasteiger partial charge in [-0.15, -0.1) is 6.58 Å². The quantitative estimate of drug-likeness (QED) is 0.108. The lowest BCUT2D eigenvalue weighted by atomic mass is 9.95. The molecule has 0 spiro atoms. The summed E-state index contributed by atoms with van der Waals surface area (Å²) in [6, 6.07) is 0. The number of ether oxygens (including phenoxy) is 7. The van der Waals surface area contributed by atoms with Gasteiger partial charge in [0.2, 0.25) is 0 Å². The molecule has 0 unspecified atom stereocenters. The number of unbranched alkanes of at least 4 members (excludes halogenated alkanes) is 2. The lowest BCUT2D eigenvalue weighted by molar-refractivity contribution is -0.0924. The van der Waals surface area contributed by atoms with Crippen molar-refractivity contribution < 1.29 is 33.2 Å². The summed E-state index contributed by atoms with van der Waals surface area (Å²) in [5.41, 5.74) is 0. The molecule has 0 aliphatic heterocycles. The van der Waals surface area contributed by atoms with Crippen LogP contribution in [-0.2, 0) is 33.2 Å². The summed E-state index contributed by atoms with van der Waals surface area (Å²) >= 11 is 0. The summed E-state index contributed by atoms with van der Waals surface area (Å²) in [7, 11) is 10.4. The summed E-state index contributed by atoms with van der Waals surface area (Å²) < 4.78 is 39.7. The Hall–Kier alpha value is -0.540. The first-order chi connectivity index (χ1) is 16.0. The molecule has 0 aromatic heterocycles. The first-order valence-corrected chi connectivity index (χ1v) is 12.4. The van der Waals surface area contributed by atoms with Crippen LogP contribution in [-0.4, -0.2) is 86.1 Å². The highest BCUT2D eigenvalue weighted by Crippen LogP contribution is 2.23. The fourth-order valence-corrected chi connectivity index (χ4v) is 4.16. The van der Waals surface area contributed by atoms with Crippen LogP contribution in [0.15, 0.2) is 12.7 Å². The van der Waals surface area contributed by atoms with Gasteiger partial charge in [0.1, 0.15) is 6.79 Å². The topological polar surface area (TPSA) is 64.6 Å². The molecular formula is C26H52O7. The molecule has 0 bridgehead atoms. The molecular weight excluding hydrogens is 424 g/mol. The second-order valence-corrected chi connectivity index (χ2v) is 8.68. The van der Waals surface area contributed by atoms with E-state index in [1.807, 2.05) is 6.08 Å². The van der Waals surface area contributed by atoms with Crippen LogP contribution in [0.3, 0.4) is 0 Å². The van der Waals surface area contributed by atoms with Crippen LogP contribution in [0.1, 0.15) is 71.1 Å². The van der Waals surface area contributed by atoms with Gasteiger partial charge in [0, 0.05) is 49.1 Å². The minimum atomic E-state index is -0.000291. The molecule has 7 heteroatoms. The zero-order valence-corrected chi connectivity index (χ0v) is 22.4. The Bertz CT molecular complexity index is 435. The van der Waals surface area contributed by atoms with Crippen molar-refractivity contribution in [1.29, 1.82) is 0 Å². The van der Waals surface area contributed by atoms with Gasteiger partial charge in [-0.3, -0.25) is 0 Å². The van der Waals surface area contributed by atoms with Crippen LogP contribution in [0, 0.1) is 0 Å². The Labute approximate surface area is 203 Å². The molecule has 33 heavy (non-hydrogen) atoms. The smallest absolute Gasteiger partial charge is 0.146 e. The van der Waals surface area contributed by atoms with Gasteiger partial charge in [-0.05, 0) is 38.5 Å². The fraction of sp³-hybridized carbons (Fsp3) is 0.923. The van der Waals surface area contributed by atoms with Gasteiger partial charge < -0.3 is 33.2 Å². The van der Waals surface area contributed by atoms with Gasteiger partial charge in [-0.25, -0.2) is 0 Å². The molecule has 0 saturated heterocycles. The van der Waals surface area contributed by atoms with Crippen molar-refractivity contribution in [3.63, 3.8) is 0 Å². The maximum atomic E-state index is 5.82. The summed E-state index contributed by atoms with van der Waals surface area (Å²) in [6.45, 7) is 6.30. The van der Waals surface area contributed by atoms with Crippen LogP contribution in [0.4, 0.5) is 0 Å². The summed E-state index contributed by atoms with van der Waals surface area (Å²) in [5.74, 6) is 0. The van der Waals surface area contributed by atoms with Crippen molar-refractivity contribution in [3.8, 4) is 0 Å². The average molecular weight is 477 g/mol. The third kappa shape index (κ3) is 15.9. The highest BCUT2D eigenvalue weighted by molar-refractivity contribution is 4.80. The molecule has 0 aliphatic rings. The number of hydrogen-bond donors (Lipinski definition) is 0. The molecule has 0 aromatic carbocycles. The maximum absolute atomic E-state index is 5.82. The van der Waals surface area contributed by atoms with E-state index in [-0.39, 0.29) is 43.4 Å². The van der Waals surface area contributed by atoms with Gasteiger partial charge in [0.05, 0.1) is 36.6 Å². The Morgan fingerprint density at radius 3 is 1.39 bits per heavy atom. The second kappa shape index (κ2) is 22.0. The zero-order valence-electron chi connectivity index (χ0n) is 22.4. The standard InChI is InChI=1S/C26H52O7/c1-9-11-12-14-21(28-4)15-23(29-5)17-25(31-7)19-26(32-8)18-24(30-6)16-22(13-10-2)33-20-27-3/h10,21-26H,2,9,11-20H2,1,3-8H3/t21-,22+,23-,24+,25-,26+/m1/s1. The summed E-state index contributed by atoms with van der Waals surface area (Å²) in [5, 5.41) is 0. The van der Waals surface area contributed by atoms with Gasteiger partial charge in [0.15, 0.2) is 0 Å². The molecule has 0 radical (unpaired) electrons. The first kappa shape index (κ1) is 32.5. The minimum absolute atomic E-state index is 0.000291. The van der Waals surface area contributed by atoms with Crippen molar-refractivity contribution in [2.24, 2.45) is 0 Å². The van der Waals surface area contributed by atoms with Gasteiger partial charge in [0.25, 0.3) is 0 Å². The van der Waals surface area contributed by atoms with E-state index in [2.05, 4.69) is 13.5 Å². The number of rotatable bonds is 24. The molecule has 7 nitrogen and oxygen atoms in total. The Morgan fingerprint density at radius 1 is 0.606 bits per heavy atom. The van der Waals surface area contributed by atoms with Crippen molar-refractivity contribution in [2.75, 3.05) is 49.5 Å². The second-order valence-electron chi connectivity index (χ2n) is 8.68. The van der Waals surface area contributed by atoms with Gasteiger partial charge in [-0.2, -0.15) is 0 Å². The molecule has 198 valence electrons. The Balaban J connectivity index is 4.85. The molecule has 0 aromatic rings. The van der Waals surface area contributed by atoms with Crippen molar-refractivity contribution in [2.45, 2.75) is 108 Å². The Morgan fingerprint density at radius 2 is 1.03 bits per heavy atom. The van der Waals surface area contributed by atoms with E-state index in [1.54, 1.807) is 42.7 Å². The molecule has 0 rings (SSSR count). The molecule has 0 amide bonds. The van der Waals surface area contributed by atoms with Crippen LogP contribution in [0.25, 0.3) is 0 Å². The lowest BCUT2D eigenvalue weighted by Crippen LogP contribution is -2.32. The maximum Gasteiger partial charge on any atom is 0.146 e. The van der Waals surface area contributed by atoms with E-state index >= 15 is 0 Å². The largest absolute Gasteiger partial charge is 0.381 e. The third-order valence-electron chi connectivity index (χ3n) is 6.28. The Kier molecular flexibility index (Phi) is 21.6. The highest BCUT2D eigenvalue weighted by Gasteiger charge is 2.26. The van der Waals surface area contributed by atoms with Crippen LogP contribution in [0.5, 0.6) is 0 Å². The van der Waals surface area contributed by atoms with Crippen molar-refractivity contribution >= 4 is 0 Å².